The molecule has 0 amide bonds. The molecule has 4 nitrogen and oxygen atoms in total. The number of aryl methyl sites for hydroxylation is 1. The Kier molecular flexibility index (Phi) is 2.45. The van der Waals surface area contributed by atoms with Crippen molar-refractivity contribution in [3.8, 4) is 17.6 Å². The van der Waals surface area contributed by atoms with Gasteiger partial charge in [-0.25, -0.2) is 0 Å². The molecule has 82 valence electrons. The number of fused-ring (bicyclic) bond motifs is 1. The van der Waals surface area contributed by atoms with Crippen LogP contribution in [0.15, 0.2) is 12.1 Å². The third-order valence-corrected chi connectivity index (χ3v) is 2.60. The first-order valence-corrected chi connectivity index (χ1v) is 4.85. The minimum Gasteiger partial charge on any atom is -0.493 e. The maximum absolute atomic E-state index is 9.05. The van der Waals surface area contributed by atoms with Crippen LogP contribution in [0.5, 0.6) is 11.5 Å². The molecule has 1 heterocycles. The summed E-state index contributed by atoms with van der Waals surface area (Å²) in [6.45, 7) is 1.87. The number of aromatic nitrogens is 1. The van der Waals surface area contributed by atoms with E-state index in [1.165, 1.54) is 0 Å². The van der Waals surface area contributed by atoms with Crippen molar-refractivity contribution >= 4 is 10.9 Å². The van der Waals surface area contributed by atoms with Gasteiger partial charge in [0.25, 0.3) is 0 Å². The molecule has 0 atom stereocenters. The standard InChI is InChI=1S/C12H12N2O2/c1-7-9(6-13)8-4-11(15-2)12(16-3)5-10(8)14-7/h4-5,14H,1-3H3. The summed E-state index contributed by atoms with van der Waals surface area (Å²) in [6.07, 6.45) is 0. The van der Waals surface area contributed by atoms with E-state index >= 15 is 0 Å². The number of nitriles is 1. The number of hydrogen-bond donors (Lipinski definition) is 1. The summed E-state index contributed by atoms with van der Waals surface area (Å²) < 4.78 is 10.4. The molecule has 0 aliphatic heterocycles. The fourth-order valence-corrected chi connectivity index (χ4v) is 1.80. The average molecular weight is 216 g/mol. The molecule has 0 aliphatic rings. The van der Waals surface area contributed by atoms with Crippen LogP contribution in [0.3, 0.4) is 0 Å². The average Bonchev–Trinajstić information content (AvgIpc) is 2.61. The zero-order valence-corrected chi connectivity index (χ0v) is 9.42. The molecule has 0 fully saturated rings. The molecule has 0 radical (unpaired) electrons. The van der Waals surface area contributed by atoms with Gasteiger partial charge in [0, 0.05) is 17.1 Å². The van der Waals surface area contributed by atoms with Crippen LogP contribution in [0, 0.1) is 18.3 Å². The highest BCUT2D eigenvalue weighted by Gasteiger charge is 2.12. The molecule has 0 saturated carbocycles. The summed E-state index contributed by atoms with van der Waals surface area (Å²) in [6, 6.07) is 5.83. The first-order chi connectivity index (χ1) is 7.71. The number of H-pyrrole nitrogens is 1. The largest absolute Gasteiger partial charge is 0.493 e. The summed E-state index contributed by atoms with van der Waals surface area (Å²) >= 11 is 0. The fraction of sp³-hybridized carbons (Fsp3) is 0.250. The van der Waals surface area contributed by atoms with Crippen LogP contribution in [0.25, 0.3) is 10.9 Å². The number of benzene rings is 1. The fourth-order valence-electron chi connectivity index (χ4n) is 1.80. The summed E-state index contributed by atoms with van der Waals surface area (Å²) in [7, 11) is 3.17. The van der Waals surface area contributed by atoms with Gasteiger partial charge in [0.05, 0.1) is 25.3 Å². The predicted octanol–water partition coefficient (Wildman–Crippen LogP) is 2.37. The van der Waals surface area contributed by atoms with Crippen LogP contribution < -0.4 is 9.47 Å². The van der Waals surface area contributed by atoms with Gasteiger partial charge in [-0.05, 0) is 13.0 Å². The molecule has 0 saturated heterocycles. The summed E-state index contributed by atoms with van der Waals surface area (Å²) in [5.41, 5.74) is 2.38. The highest BCUT2D eigenvalue weighted by atomic mass is 16.5. The highest BCUT2D eigenvalue weighted by molar-refractivity contribution is 5.90. The lowest BCUT2D eigenvalue weighted by atomic mass is 10.1. The van der Waals surface area contributed by atoms with E-state index in [4.69, 9.17) is 14.7 Å². The van der Waals surface area contributed by atoms with Gasteiger partial charge in [-0.15, -0.1) is 0 Å². The van der Waals surface area contributed by atoms with Gasteiger partial charge in [-0.3, -0.25) is 0 Å². The lowest BCUT2D eigenvalue weighted by molar-refractivity contribution is 0.356. The summed E-state index contributed by atoms with van der Waals surface area (Å²) in [5, 5.41) is 9.91. The molecule has 1 N–H and O–H groups in total. The Morgan fingerprint density at radius 3 is 2.38 bits per heavy atom. The maximum Gasteiger partial charge on any atom is 0.162 e. The smallest absolute Gasteiger partial charge is 0.162 e. The van der Waals surface area contributed by atoms with E-state index in [-0.39, 0.29) is 0 Å². The van der Waals surface area contributed by atoms with Gasteiger partial charge in [-0.2, -0.15) is 5.26 Å². The lowest BCUT2D eigenvalue weighted by Gasteiger charge is -2.06. The van der Waals surface area contributed by atoms with Crippen LogP contribution in [0.2, 0.25) is 0 Å². The molecule has 2 rings (SSSR count). The SMILES string of the molecule is COc1cc2[nH]c(C)c(C#N)c2cc1OC. The molecule has 1 aromatic carbocycles. The van der Waals surface area contributed by atoms with Crippen LogP contribution in [0.4, 0.5) is 0 Å². The van der Waals surface area contributed by atoms with E-state index in [1.54, 1.807) is 14.2 Å². The van der Waals surface area contributed by atoms with E-state index < -0.39 is 0 Å². The molecule has 1 aromatic heterocycles. The maximum atomic E-state index is 9.05. The van der Waals surface area contributed by atoms with Gasteiger partial charge in [0.15, 0.2) is 11.5 Å². The molecular formula is C12H12N2O2. The van der Waals surface area contributed by atoms with Gasteiger partial charge < -0.3 is 14.5 Å². The second-order valence-electron chi connectivity index (χ2n) is 3.49. The number of nitrogens with zero attached hydrogens (tertiary/aromatic N) is 1. The quantitative estimate of drug-likeness (QED) is 0.838. The number of rotatable bonds is 2. The molecule has 4 heteroatoms. The van der Waals surface area contributed by atoms with E-state index in [0.717, 1.165) is 16.6 Å². The predicted molar refractivity (Wildman–Crippen MR) is 60.9 cm³/mol. The zero-order chi connectivity index (χ0) is 11.7. The third-order valence-electron chi connectivity index (χ3n) is 2.60. The number of ether oxygens (including phenoxy) is 2. The molecular weight excluding hydrogens is 204 g/mol. The molecule has 0 aliphatic carbocycles. The first-order valence-electron chi connectivity index (χ1n) is 4.85. The van der Waals surface area contributed by atoms with Gasteiger partial charge in [-0.1, -0.05) is 0 Å². The normalized spacial score (nSPS) is 10.1. The van der Waals surface area contributed by atoms with E-state index in [2.05, 4.69) is 11.1 Å². The monoisotopic (exact) mass is 216 g/mol. The van der Waals surface area contributed by atoms with Crippen molar-refractivity contribution in [3.63, 3.8) is 0 Å². The Balaban J connectivity index is 2.79. The Morgan fingerprint density at radius 2 is 1.81 bits per heavy atom. The topological polar surface area (TPSA) is 58.0 Å². The lowest BCUT2D eigenvalue weighted by Crippen LogP contribution is -1.90. The molecule has 0 spiro atoms. The summed E-state index contributed by atoms with van der Waals surface area (Å²) in [5.74, 6) is 1.28. The van der Waals surface area contributed by atoms with Gasteiger partial charge in [0.1, 0.15) is 6.07 Å². The number of hydrogen-bond acceptors (Lipinski definition) is 3. The second-order valence-corrected chi connectivity index (χ2v) is 3.49. The Labute approximate surface area is 93.4 Å². The van der Waals surface area contributed by atoms with E-state index in [0.29, 0.717) is 17.1 Å². The van der Waals surface area contributed by atoms with Crippen molar-refractivity contribution in [1.29, 1.82) is 5.26 Å². The minimum absolute atomic E-state index is 0.630. The van der Waals surface area contributed by atoms with E-state index in [9.17, 15) is 0 Å². The second kappa shape index (κ2) is 3.78. The number of nitrogens with one attached hydrogen (secondary N) is 1. The Bertz CT molecular complexity index is 579. The van der Waals surface area contributed by atoms with E-state index in [1.807, 2.05) is 19.1 Å². The van der Waals surface area contributed by atoms with Crippen molar-refractivity contribution in [2.75, 3.05) is 14.2 Å². The Morgan fingerprint density at radius 1 is 1.19 bits per heavy atom. The van der Waals surface area contributed by atoms with Crippen molar-refractivity contribution in [2.24, 2.45) is 0 Å². The first kappa shape index (κ1) is 10.4. The minimum atomic E-state index is 0.630. The van der Waals surface area contributed by atoms with Crippen molar-refractivity contribution in [3.05, 3.63) is 23.4 Å². The van der Waals surface area contributed by atoms with Crippen LogP contribution in [-0.4, -0.2) is 19.2 Å². The van der Waals surface area contributed by atoms with Crippen LogP contribution in [0.1, 0.15) is 11.3 Å². The summed E-state index contributed by atoms with van der Waals surface area (Å²) in [4.78, 5) is 3.15. The zero-order valence-electron chi connectivity index (χ0n) is 9.42. The molecule has 2 aromatic rings. The van der Waals surface area contributed by atoms with Crippen molar-refractivity contribution in [1.82, 2.24) is 4.98 Å². The molecule has 0 unspecified atom stereocenters. The Hall–Kier alpha value is -2.15. The highest BCUT2D eigenvalue weighted by Crippen LogP contribution is 2.34. The van der Waals surface area contributed by atoms with Gasteiger partial charge >= 0.3 is 0 Å². The van der Waals surface area contributed by atoms with Crippen molar-refractivity contribution < 1.29 is 9.47 Å². The van der Waals surface area contributed by atoms with Crippen molar-refractivity contribution in [2.45, 2.75) is 6.92 Å². The third kappa shape index (κ3) is 1.38. The van der Waals surface area contributed by atoms with Crippen LogP contribution in [-0.2, 0) is 0 Å². The van der Waals surface area contributed by atoms with Crippen LogP contribution >= 0.6 is 0 Å². The molecule has 16 heavy (non-hydrogen) atoms. The number of aromatic amines is 1. The number of methoxy groups -OCH3 is 2. The van der Waals surface area contributed by atoms with Gasteiger partial charge in [0.2, 0.25) is 0 Å². The molecule has 0 bridgehead atoms.